The highest BCUT2D eigenvalue weighted by Gasteiger charge is 2.31. The zero-order chi connectivity index (χ0) is 10.0. The molecule has 0 saturated heterocycles. The minimum atomic E-state index is -0.233. The maximum absolute atomic E-state index is 6.36. The number of aromatic nitrogens is 1. The molecule has 1 heterocycles. The summed E-state index contributed by atoms with van der Waals surface area (Å²) in [5, 5.41) is 0.567. The second-order valence-electron chi connectivity index (χ2n) is 4.06. The molecule has 14 heavy (non-hydrogen) atoms. The third kappa shape index (κ3) is 1.77. The molecule has 76 valence electrons. The first-order valence-corrected chi connectivity index (χ1v) is 5.50. The van der Waals surface area contributed by atoms with E-state index in [0.717, 1.165) is 18.4 Å². The summed E-state index contributed by atoms with van der Waals surface area (Å²) in [6.07, 6.45) is 7.44. The average molecular weight is 211 g/mol. The van der Waals surface area contributed by atoms with Gasteiger partial charge in [-0.25, -0.2) is 4.98 Å². The lowest BCUT2D eigenvalue weighted by Gasteiger charge is -2.34. The van der Waals surface area contributed by atoms with Crippen LogP contribution in [0, 0.1) is 0 Å². The van der Waals surface area contributed by atoms with Gasteiger partial charge in [0.25, 0.3) is 0 Å². The fraction of sp³-hybridized carbons (Fsp3) is 0.545. The number of hydrogen-bond acceptors (Lipinski definition) is 2. The molecular weight excluding hydrogens is 196 g/mol. The lowest BCUT2D eigenvalue weighted by Crippen LogP contribution is -2.38. The van der Waals surface area contributed by atoms with Gasteiger partial charge in [-0.1, -0.05) is 36.9 Å². The second-order valence-corrected chi connectivity index (χ2v) is 4.42. The summed E-state index contributed by atoms with van der Waals surface area (Å²) >= 11 is 6.06. The van der Waals surface area contributed by atoms with E-state index in [1.54, 1.807) is 6.20 Å². The van der Waals surface area contributed by atoms with Gasteiger partial charge in [-0.2, -0.15) is 0 Å². The lowest BCUT2D eigenvalue weighted by molar-refractivity contribution is 0.302. The summed E-state index contributed by atoms with van der Waals surface area (Å²) in [6.45, 7) is 0. The quantitative estimate of drug-likeness (QED) is 0.724. The van der Waals surface area contributed by atoms with Gasteiger partial charge in [0.2, 0.25) is 0 Å². The Bertz CT molecular complexity index is 319. The van der Waals surface area contributed by atoms with E-state index in [9.17, 15) is 0 Å². The van der Waals surface area contributed by atoms with Crippen LogP contribution >= 0.6 is 11.6 Å². The minimum Gasteiger partial charge on any atom is -0.321 e. The molecule has 2 N–H and O–H groups in total. The summed E-state index contributed by atoms with van der Waals surface area (Å²) < 4.78 is 0. The number of nitrogens with zero attached hydrogens (tertiary/aromatic N) is 1. The van der Waals surface area contributed by atoms with Gasteiger partial charge in [0.15, 0.2) is 0 Å². The molecule has 0 bridgehead atoms. The molecule has 0 radical (unpaired) electrons. The smallest absolute Gasteiger partial charge is 0.134 e. The number of pyridine rings is 1. The normalized spacial score (nSPS) is 20.7. The van der Waals surface area contributed by atoms with E-state index in [2.05, 4.69) is 4.98 Å². The molecule has 2 rings (SSSR count). The molecule has 1 saturated carbocycles. The maximum Gasteiger partial charge on any atom is 0.134 e. The van der Waals surface area contributed by atoms with E-state index in [4.69, 9.17) is 17.3 Å². The predicted molar refractivity (Wildman–Crippen MR) is 58.2 cm³/mol. The Hall–Kier alpha value is -0.600. The van der Waals surface area contributed by atoms with Crippen molar-refractivity contribution in [3.05, 3.63) is 29.0 Å². The molecule has 1 fully saturated rings. The van der Waals surface area contributed by atoms with Gasteiger partial charge < -0.3 is 5.73 Å². The van der Waals surface area contributed by atoms with Crippen molar-refractivity contribution in [1.29, 1.82) is 0 Å². The number of hydrogen-bond donors (Lipinski definition) is 1. The Morgan fingerprint density at radius 2 is 2.00 bits per heavy atom. The molecule has 0 aromatic carbocycles. The van der Waals surface area contributed by atoms with Crippen molar-refractivity contribution >= 4 is 11.6 Å². The van der Waals surface area contributed by atoms with E-state index in [1.165, 1.54) is 19.3 Å². The predicted octanol–water partition coefficient (Wildman–Crippen LogP) is 2.85. The van der Waals surface area contributed by atoms with Crippen LogP contribution in [-0.2, 0) is 5.54 Å². The summed E-state index contributed by atoms with van der Waals surface area (Å²) in [5.41, 5.74) is 7.14. The molecule has 0 aliphatic heterocycles. The van der Waals surface area contributed by atoms with Crippen LogP contribution in [0.3, 0.4) is 0 Å². The first-order chi connectivity index (χ1) is 6.72. The minimum absolute atomic E-state index is 0.233. The van der Waals surface area contributed by atoms with Gasteiger partial charge in [-0.05, 0) is 18.9 Å². The van der Waals surface area contributed by atoms with Crippen LogP contribution in [0.5, 0.6) is 0 Å². The summed E-state index contributed by atoms with van der Waals surface area (Å²) in [6, 6.07) is 3.91. The molecule has 0 unspecified atom stereocenters. The van der Waals surface area contributed by atoms with E-state index >= 15 is 0 Å². The van der Waals surface area contributed by atoms with Crippen LogP contribution in [0.15, 0.2) is 18.3 Å². The molecule has 1 aliphatic carbocycles. The molecule has 0 atom stereocenters. The Balaban J connectivity index is 2.32. The standard InChI is InChI=1S/C11H15ClN2/c12-10-9(5-4-8-14-10)11(13)6-2-1-3-7-11/h4-5,8H,1-3,6-7,13H2. The lowest BCUT2D eigenvalue weighted by atomic mass is 9.78. The monoisotopic (exact) mass is 210 g/mol. The SMILES string of the molecule is NC1(c2cccnc2Cl)CCCCC1. The van der Waals surface area contributed by atoms with E-state index in [0.29, 0.717) is 5.15 Å². The van der Waals surface area contributed by atoms with Gasteiger partial charge in [-0.15, -0.1) is 0 Å². The average Bonchev–Trinajstić information content (AvgIpc) is 2.19. The Morgan fingerprint density at radius 1 is 1.29 bits per heavy atom. The second kappa shape index (κ2) is 3.87. The zero-order valence-corrected chi connectivity index (χ0v) is 8.93. The van der Waals surface area contributed by atoms with Gasteiger partial charge in [0, 0.05) is 17.3 Å². The largest absolute Gasteiger partial charge is 0.321 e. The third-order valence-electron chi connectivity index (χ3n) is 3.04. The first-order valence-electron chi connectivity index (χ1n) is 5.12. The van der Waals surface area contributed by atoms with E-state index < -0.39 is 0 Å². The summed E-state index contributed by atoms with van der Waals surface area (Å²) in [4.78, 5) is 4.08. The van der Waals surface area contributed by atoms with Crippen molar-refractivity contribution in [2.24, 2.45) is 5.73 Å². The highest BCUT2D eigenvalue weighted by molar-refractivity contribution is 6.30. The van der Waals surface area contributed by atoms with Gasteiger partial charge in [0.05, 0.1) is 0 Å². The molecule has 1 aliphatic rings. The molecule has 2 nitrogen and oxygen atoms in total. The van der Waals surface area contributed by atoms with Crippen molar-refractivity contribution < 1.29 is 0 Å². The van der Waals surface area contributed by atoms with Gasteiger partial charge in [0.1, 0.15) is 5.15 Å². The van der Waals surface area contributed by atoms with Crippen molar-refractivity contribution in [2.45, 2.75) is 37.6 Å². The molecule has 0 amide bonds. The zero-order valence-electron chi connectivity index (χ0n) is 8.17. The number of nitrogens with two attached hydrogens (primary N) is 1. The van der Waals surface area contributed by atoms with Crippen LogP contribution in [0.2, 0.25) is 5.15 Å². The van der Waals surface area contributed by atoms with Crippen molar-refractivity contribution in [2.75, 3.05) is 0 Å². The fourth-order valence-electron chi connectivity index (χ4n) is 2.21. The Morgan fingerprint density at radius 3 is 2.64 bits per heavy atom. The molecule has 1 aromatic rings. The van der Waals surface area contributed by atoms with Crippen molar-refractivity contribution in [1.82, 2.24) is 4.98 Å². The third-order valence-corrected chi connectivity index (χ3v) is 3.34. The van der Waals surface area contributed by atoms with Crippen LogP contribution in [0.1, 0.15) is 37.7 Å². The van der Waals surface area contributed by atoms with Crippen LogP contribution in [0.4, 0.5) is 0 Å². The Labute approximate surface area is 89.5 Å². The number of halogens is 1. The topological polar surface area (TPSA) is 38.9 Å². The van der Waals surface area contributed by atoms with Gasteiger partial charge >= 0.3 is 0 Å². The van der Waals surface area contributed by atoms with E-state index in [1.807, 2.05) is 12.1 Å². The molecule has 0 spiro atoms. The van der Waals surface area contributed by atoms with Crippen molar-refractivity contribution in [3.8, 4) is 0 Å². The van der Waals surface area contributed by atoms with Crippen LogP contribution < -0.4 is 5.73 Å². The maximum atomic E-state index is 6.36. The highest BCUT2D eigenvalue weighted by Crippen LogP contribution is 2.36. The molecular formula is C11H15ClN2. The Kier molecular flexibility index (Phi) is 2.75. The van der Waals surface area contributed by atoms with Crippen molar-refractivity contribution in [3.63, 3.8) is 0 Å². The van der Waals surface area contributed by atoms with Crippen LogP contribution in [0.25, 0.3) is 0 Å². The first kappa shape index (κ1) is 9.94. The van der Waals surface area contributed by atoms with Gasteiger partial charge in [-0.3, -0.25) is 0 Å². The van der Waals surface area contributed by atoms with E-state index in [-0.39, 0.29) is 5.54 Å². The molecule has 1 aromatic heterocycles. The highest BCUT2D eigenvalue weighted by atomic mass is 35.5. The number of rotatable bonds is 1. The molecule has 3 heteroatoms. The van der Waals surface area contributed by atoms with Crippen LogP contribution in [-0.4, -0.2) is 4.98 Å². The summed E-state index contributed by atoms with van der Waals surface area (Å²) in [7, 11) is 0. The summed E-state index contributed by atoms with van der Waals surface area (Å²) in [5.74, 6) is 0. The fourth-order valence-corrected chi connectivity index (χ4v) is 2.52.